The highest BCUT2D eigenvalue weighted by molar-refractivity contribution is 7.92. The molecule has 0 saturated carbocycles. The van der Waals surface area contributed by atoms with Crippen LogP contribution in [-0.2, 0) is 26.2 Å². The number of carbonyl (C=O) groups excluding carboxylic acids is 2. The van der Waals surface area contributed by atoms with E-state index in [0.717, 1.165) is 17.0 Å². The van der Waals surface area contributed by atoms with Gasteiger partial charge in [0.25, 0.3) is 0 Å². The first kappa shape index (κ1) is 28.0. The molecule has 0 unspecified atom stereocenters. The molecular weight excluding hydrogens is 497 g/mol. The number of rotatable bonds is 11. The molecule has 0 aromatic heterocycles. The number of halogens is 2. The Labute approximate surface area is 212 Å². The average Bonchev–Trinajstić information content (AvgIpc) is 2.78. The van der Waals surface area contributed by atoms with Gasteiger partial charge in [-0.25, -0.2) is 8.42 Å². The Balaban J connectivity index is 2.48. The van der Waals surface area contributed by atoms with Gasteiger partial charge in [-0.1, -0.05) is 61.3 Å². The van der Waals surface area contributed by atoms with Crippen molar-refractivity contribution >= 4 is 50.7 Å². The van der Waals surface area contributed by atoms with Gasteiger partial charge in [0.15, 0.2) is 0 Å². The number of amides is 2. The summed E-state index contributed by atoms with van der Waals surface area (Å²) in [6.45, 7) is 5.10. The van der Waals surface area contributed by atoms with Crippen molar-refractivity contribution in [3.8, 4) is 0 Å². The minimum absolute atomic E-state index is 0.0455. The number of hydrogen-bond acceptors (Lipinski definition) is 4. The molecule has 10 heteroatoms. The molecule has 0 aliphatic carbocycles. The van der Waals surface area contributed by atoms with Gasteiger partial charge in [-0.2, -0.15) is 0 Å². The van der Waals surface area contributed by atoms with Crippen LogP contribution in [0, 0.1) is 0 Å². The number of benzene rings is 2. The first-order valence-corrected chi connectivity index (χ1v) is 13.6. The number of anilines is 1. The van der Waals surface area contributed by atoms with E-state index in [1.807, 2.05) is 13.8 Å². The zero-order valence-corrected chi connectivity index (χ0v) is 22.1. The second-order valence-corrected chi connectivity index (χ2v) is 10.8. The smallest absolute Gasteiger partial charge is 0.244 e. The van der Waals surface area contributed by atoms with Crippen molar-refractivity contribution in [1.29, 1.82) is 0 Å². The highest BCUT2D eigenvalue weighted by Crippen LogP contribution is 2.27. The Morgan fingerprint density at radius 2 is 1.56 bits per heavy atom. The zero-order chi connectivity index (χ0) is 25.5. The topological polar surface area (TPSA) is 86.8 Å². The predicted molar refractivity (Wildman–Crippen MR) is 138 cm³/mol. The van der Waals surface area contributed by atoms with E-state index >= 15 is 0 Å². The van der Waals surface area contributed by atoms with Crippen LogP contribution in [0.1, 0.15) is 39.2 Å². The maximum atomic E-state index is 13.6. The molecule has 0 aliphatic rings. The summed E-state index contributed by atoms with van der Waals surface area (Å²) in [6.07, 6.45) is 2.08. The lowest BCUT2D eigenvalue weighted by atomic mass is 10.1. The third-order valence-corrected chi connectivity index (χ3v) is 7.35. The van der Waals surface area contributed by atoms with Crippen LogP contribution >= 0.6 is 23.2 Å². The predicted octanol–water partition coefficient (Wildman–Crippen LogP) is 4.48. The first-order valence-electron chi connectivity index (χ1n) is 11.0. The van der Waals surface area contributed by atoms with Crippen LogP contribution in [0.2, 0.25) is 10.0 Å². The van der Waals surface area contributed by atoms with Crippen LogP contribution < -0.4 is 9.62 Å². The molecule has 2 atom stereocenters. The Kier molecular flexibility index (Phi) is 10.2. The standard InChI is InChI=1S/C24H31Cl2N3O4S/c1-5-17(3)27-24(31)22(6-2)28(15-19-20(25)13-10-14-21(19)26)23(30)16-29(34(4,32)33)18-11-8-7-9-12-18/h7-14,17,22H,5-6,15-16H2,1-4H3,(H,27,31)/t17-,22-/m1/s1. The molecular formula is C24H31Cl2N3O4S. The fraction of sp³-hybridized carbons (Fsp3) is 0.417. The highest BCUT2D eigenvalue weighted by atomic mass is 35.5. The van der Waals surface area contributed by atoms with Crippen LogP contribution in [0.4, 0.5) is 5.69 Å². The van der Waals surface area contributed by atoms with Gasteiger partial charge < -0.3 is 10.2 Å². The molecule has 2 rings (SSSR count). The minimum Gasteiger partial charge on any atom is -0.352 e. The molecule has 0 heterocycles. The van der Waals surface area contributed by atoms with Gasteiger partial charge in [0.05, 0.1) is 11.9 Å². The number of nitrogens with one attached hydrogen (secondary N) is 1. The second-order valence-electron chi connectivity index (χ2n) is 8.07. The molecule has 1 N–H and O–H groups in total. The van der Waals surface area contributed by atoms with Gasteiger partial charge in [0.1, 0.15) is 12.6 Å². The third kappa shape index (κ3) is 7.35. The normalized spacial score (nSPS) is 13.1. The summed E-state index contributed by atoms with van der Waals surface area (Å²) in [5, 5.41) is 3.62. The van der Waals surface area contributed by atoms with Crippen LogP contribution in [-0.4, -0.2) is 50.0 Å². The molecule has 0 aliphatic heterocycles. The van der Waals surface area contributed by atoms with Crippen molar-refractivity contribution in [3.63, 3.8) is 0 Å². The monoisotopic (exact) mass is 527 g/mol. The lowest BCUT2D eigenvalue weighted by Crippen LogP contribution is -2.53. The van der Waals surface area contributed by atoms with E-state index in [4.69, 9.17) is 23.2 Å². The van der Waals surface area contributed by atoms with E-state index < -0.39 is 28.5 Å². The van der Waals surface area contributed by atoms with E-state index in [1.54, 1.807) is 55.5 Å². The van der Waals surface area contributed by atoms with Crippen molar-refractivity contribution in [1.82, 2.24) is 10.2 Å². The van der Waals surface area contributed by atoms with Crippen LogP contribution in [0.15, 0.2) is 48.5 Å². The number of para-hydroxylation sites is 1. The zero-order valence-electron chi connectivity index (χ0n) is 19.8. The molecule has 186 valence electrons. The Bertz CT molecular complexity index is 1080. The Morgan fingerprint density at radius 3 is 2.06 bits per heavy atom. The van der Waals surface area contributed by atoms with Gasteiger partial charge in [-0.3, -0.25) is 13.9 Å². The summed E-state index contributed by atoms with van der Waals surface area (Å²) in [4.78, 5) is 28.1. The molecule has 0 bridgehead atoms. The fourth-order valence-electron chi connectivity index (χ4n) is 3.42. The maximum Gasteiger partial charge on any atom is 0.244 e. The fourth-order valence-corrected chi connectivity index (χ4v) is 4.79. The average molecular weight is 529 g/mol. The summed E-state index contributed by atoms with van der Waals surface area (Å²) in [6, 6.07) is 12.4. The van der Waals surface area contributed by atoms with Crippen molar-refractivity contribution in [2.75, 3.05) is 17.1 Å². The molecule has 2 amide bonds. The SMILES string of the molecule is CC[C@@H](C)NC(=O)[C@@H](CC)N(Cc1c(Cl)cccc1Cl)C(=O)CN(c1ccccc1)S(C)(=O)=O. The van der Waals surface area contributed by atoms with Crippen molar-refractivity contribution in [3.05, 3.63) is 64.1 Å². The molecule has 7 nitrogen and oxygen atoms in total. The molecule has 0 spiro atoms. The number of carbonyl (C=O) groups is 2. The lowest BCUT2D eigenvalue weighted by Gasteiger charge is -2.33. The number of sulfonamides is 1. The van der Waals surface area contributed by atoms with E-state index in [2.05, 4.69) is 5.32 Å². The van der Waals surface area contributed by atoms with Gasteiger partial charge in [0, 0.05) is 28.2 Å². The third-order valence-electron chi connectivity index (χ3n) is 5.50. The van der Waals surface area contributed by atoms with Crippen molar-refractivity contribution < 1.29 is 18.0 Å². The van der Waals surface area contributed by atoms with Crippen LogP contribution in [0.25, 0.3) is 0 Å². The first-order chi connectivity index (χ1) is 16.0. The van der Waals surface area contributed by atoms with Crippen LogP contribution in [0.5, 0.6) is 0 Å². The van der Waals surface area contributed by atoms with E-state index in [9.17, 15) is 18.0 Å². The van der Waals surface area contributed by atoms with Crippen molar-refractivity contribution in [2.45, 2.75) is 52.2 Å². The summed E-state index contributed by atoms with van der Waals surface area (Å²) < 4.78 is 26.1. The maximum absolute atomic E-state index is 13.6. The van der Waals surface area contributed by atoms with E-state index in [-0.39, 0.29) is 18.5 Å². The number of nitrogens with zero attached hydrogens (tertiary/aromatic N) is 2. The molecule has 2 aromatic rings. The summed E-state index contributed by atoms with van der Waals surface area (Å²) in [5.41, 5.74) is 0.839. The summed E-state index contributed by atoms with van der Waals surface area (Å²) in [5.74, 6) is -0.865. The van der Waals surface area contributed by atoms with Gasteiger partial charge in [-0.15, -0.1) is 0 Å². The molecule has 0 saturated heterocycles. The van der Waals surface area contributed by atoms with Crippen molar-refractivity contribution in [2.24, 2.45) is 0 Å². The van der Waals surface area contributed by atoms with Crippen LogP contribution in [0.3, 0.4) is 0 Å². The van der Waals surface area contributed by atoms with E-state index in [0.29, 0.717) is 27.7 Å². The Hall–Kier alpha value is -2.29. The van der Waals surface area contributed by atoms with Gasteiger partial charge >= 0.3 is 0 Å². The van der Waals surface area contributed by atoms with Gasteiger partial charge in [0.2, 0.25) is 21.8 Å². The minimum atomic E-state index is -3.78. The Morgan fingerprint density at radius 1 is 0.971 bits per heavy atom. The summed E-state index contributed by atoms with van der Waals surface area (Å²) >= 11 is 12.7. The molecule has 34 heavy (non-hydrogen) atoms. The molecule has 2 aromatic carbocycles. The van der Waals surface area contributed by atoms with Gasteiger partial charge in [-0.05, 0) is 44.0 Å². The summed E-state index contributed by atoms with van der Waals surface area (Å²) in [7, 11) is -3.78. The van der Waals surface area contributed by atoms with E-state index in [1.165, 1.54) is 4.90 Å². The number of hydrogen-bond donors (Lipinski definition) is 1. The quantitative estimate of drug-likeness (QED) is 0.466. The second kappa shape index (κ2) is 12.4. The lowest BCUT2D eigenvalue weighted by molar-refractivity contribution is -0.140. The highest BCUT2D eigenvalue weighted by Gasteiger charge is 2.32. The molecule has 0 radical (unpaired) electrons. The largest absolute Gasteiger partial charge is 0.352 e. The molecule has 0 fully saturated rings.